The van der Waals surface area contributed by atoms with Crippen LogP contribution in [0.2, 0.25) is 0 Å². The minimum Gasteiger partial charge on any atom is -0.399 e. The SMILES string of the molecule is Nc1ccc(NC(=O)NCc2ncc[nH]2)cc1. The van der Waals surface area contributed by atoms with Gasteiger partial charge in [0.05, 0.1) is 6.54 Å². The summed E-state index contributed by atoms with van der Waals surface area (Å²) in [5.74, 6) is 0.706. The third kappa shape index (κ3) is 3.23. The number of anilines is 2. The number of carbonyl (C=O) groups is 1. The predicted molar refractivity (Wildman–Crippen MR) is 65.3 cm³/mol. The van der Waals surface area contributed by atoms with Crippen molar-refractivity contribution in [3.63, 3.8) is 0 Å². The molecule has 0 atom stereocenters. The van der Waals surface area contributed by atoms with E-state index in [1.54, 1.807) is 36.7 Å². The van der Waals surface area contributed by atoms with Crippen LogP contribution in [-0.2, 0) is 6.54 Å². The molecule has 0 aliphatic heterocycles. The molecule has 1 aromatic heterocycles. The van der Waals surface area contributed by atoms with Crippen LogP contribution in [0.4, 0.5) is 16.2 Å². The van der Waals surface area contributed by atoms with Crippen LogP contribution >= 0.6 is 0 Å². The summed E-state index contributed by atoms with van der Waals surface area (Å²) >= 11 is 0. The Kier molecular flexibility index (Phi) is 3.25. The van der Waals surface area contributed by atoms with Crippen molar-refractivity contribution in [3.8, 4) is 0 Å². The highest BCUT2D eigenvalue weighted by molar-refractivity contribution is 5.89. The molecular formula is C11H13N5O. The first-order valence-corrected chi connectivity index (χ1v) is 5.13. The lowest BCUT2D eigenvalue weighted by Crippen LogP contribution is -2.28. The molecular weight excluding hydrogens is 218 g/mol. The highest BCUT2D eigenvalue weighted by Crippen LogP contribution is 2.09. The van der Waals surface area contributed by atoms with E-state index in [2.05, 4.69) is 20.6 Å². The van der Waals surface area contributed by atoms with Crippen molar-refractivity contribution in [3.05, 3.63) is 42.5 Å². The highest BCUT2D eigenvalue weighted by atomic mass is 16.2. The van der Waals surface area contributed by atoms with Crippen molar-refractivity contribution in [2.45, 2.75) is 6.54 Å². The van der Waals surface area contributed by atoms with Gasteiger partial charge in [-0.15, -0.1) is 0 Å². The van der Waals surface area contributed by atoms with Crippen LogP contribution in [-0.4, -0.2) is 16.0 Å². The number of aromatic nitrogens is 2. The number of urea groups is 1. The number of aromatic amines is 1. The first-order chi connectivity index (χ1) is 8.24. The van der Waals surface area contributed by atoms with Gasteiger partial charge in [-0.2, -0.15) is 0 Å². The molecule has 0 unspecified atom stereocenters. The van der Waals surface area contributed by atoms with Gasteiger partial charge >= 0.3 is 6.03 Å². The number of nitrogens with one attached hydrogen (secondary N) is 3. The van der Waals surface area contributed by atoms with Gasteiger partial charge < -0.3 is 21.4 Å². The fraction of sp³-hybridized carbons (Fsp3) is 0.0909. The van der Waals surface area contributed by atoms with E-state index in [4.69, 9.17) is 5.73 Å². The Bertz CT molecular complexity index is 477. The summed E-state index contributed by atoms with van der Waals surface area (Å²) < 4.78 is 0. The molecule has 17 heavy (non-hydrogen) atoms. The number of nitrogens with zero attached hydrogens (tertiary/aromatic N) is 1. The Hall–Kier alpha value is -2.50. The average molecular weight is 231 g/mol. The maximum atomic E-state index is 11.5. The highest BCUT2D eigenvalue weighted by Gasteiger charge is 2.02. The fourth-order valence-corrected chi connectivity index (χ4v) is 1.30. The Labute approximate surface area is 98.2 Å². The van der Waals surface area contributed by atoms with Crippen LogP contribution in [0.25, 0.3) is 0 Å². The Morgan fingerprint density at radius 3 is 2.76 bits per heavy atom. The van der Waals surface area contributed by atoms with Gasteiger partial charge in [-0.05, 0) is 24.3 Å². The Balaban J connectivity index is 1.83. The zero-order chi connectivity index (χ0) is 12.1. The van der Waals surface area contributed by atoms with Crippen LogP contribution in [0, 0.1) is 0 Å². The largest absolute Gasteiger partial charge is 0.399 e. The summed E-state index contributed by atoms with van der Waals surface area (Å²) in [4.78, 5) is 18.4. The minimum absolute atomic E-state index is 0.286. The number of nitrogens with two attached hydrogens (primary N) is 1. The molecule has 2 aromatic rings. The van der Waals surface area contributed by atoms with E-state index >= 15 is 0 Å². The third-order valence-electron chi connectivity index (χ3n) is 2.14. The van der Waals surface area contributed by atoms with Crippen molar-refractivity contribution in [2.24, 2.45) is 0 Å². The van der Waals surface area contributed by atoms with E-state index in [9.17, 15) is 4.79 Å². The predicted octanol–water partition coefficient (Wildman–Crippen LogP) is 1.31. The van der Waals surface area contributed by atoms with E-state index in [1.807, 2.05) is 0 Å². The molecule has 0 saturated heterocycles. The maximum Gasteiger partial charge on any atom is 0.319 e. The van der Waals surface area contributed by atoms with Crippen LogP contribution in [0.3, 0.4) is 0 Å². The summed E-state index contributed by atoms with van der Waals surface area (Å²) in [6, 6.07) is 6.64. The van der Waals surface area contributed by atoms with Crippen molar-refractivity contribution < 1.29 is 4.79 Å². The van der Waals surface area contributed by atoms with E-state index in [0.29, 0.717) is 23.7 Å². The normalized spacial score (nSPS) is 9.88. The number of hydrogen-bond acceptors (Lipinski definition) is 3. The molecule has 6 nitrogen and oxygen atoms in total. The standard InChI is InChI=1S/C11H13N5O/c12-8-1-3-9(4-2-8)16-11(17)15-7-10-13-5-6-14-10/h1-6H,7,12H2,(H,13,14)(H2,15,16,17). The molecule has 5 N–H and O–H groups in total. The number of benzene rings is 1. The summed E-state index contributed by atoms with van der Waals surface area (Å²) in [5.41, 5.74) is 6.89. The molecule has 1 aromatic carbocycles. The van der Waals surface area contributed by atoms with Gasteiger partial charge in [0.15, 0.2) is 0 Å². The van der Waals surface area contributed by atoms with E-state index in [1.165, 1.54) is 0 Å². The van der Waals surface area contributed by atoms with Crippen LogP contribution in [0.1, 0.15) is 5.82 Å². The molecule has 0 aliphatic carbocycles. The zero-order valence-electron chi connectivity index (χ0n) is 9.10. The summed E-state index contributed by atoms with van der Waals surface area (Å²) in [5, 5.41) is 5.36. The molecule has 0 spiro atoms. The molecule has 1 heterocycles. The number of H-pyrrole nitrogens is 1. The van der Waals surface area contributed by atoms with Gasteiger partial charge in [-0.3, -0.25) is 0 Å². The number of rotatable bonds is 3. The molecule has 0 aliphatic rings. The van der Waals surface area contributed by atoms with Gasteiger partial charge in [0.25, 0.3) is 0 Å². The molecule has 0 saturated carbocycles. The van der Waals surface area contributed by atoms with E-state index in [-0.39, 0.29) is 6.03 Å². The van der Waals surface area contributed by atoms with E-state index < -0.39 is 0 Å². The topological polar surface area (TPSA) is 95.8 Å². The van der Waals surface area contributed by atoms with Crippen LogP contribution in [0.15, 0.2) is 36.7 Å². The smallest absolute Gasteiger partial charge is 0.319 e. The number of hydrogen-bond donors (Lipinski definition) is 4. The van der Waals surface area contributed by atoms with Crippen molar-refractivity contribution in [1.29, 1.82) is 0 Å². The first-order valence-electron chi connectivity index (χ1n) is 5.13. The fourth-order valence-electron chi connectivity index (χ4n) is 1.30. The van der Waals surface area contributed by atoms with Gasteiger partial charge in [0, 0.05) is 23.8 Å². The molecule has 2 amide bonds. The molecule has 6 heteroatoms. The average Bonchev–Trinajstić information content (AvgIpc) is 2.83. The summed E-state index contributed by atoms with van der Waals surface area (Å²) in [6.07, 6.45) is 3.34. The second-order valence-electron chi connectivity index (χ2n) is 3.47. The Morgan fingerprint density at radius 2 is 2.12 bits per heavy atom. The van der Waals surface area contributed by atoms with Crippen molar-refractivity contribution in [1.82, 2.24) is 15.3 Å². The quantitative estimate of drug-likeness (QED) is 0.600. The molecule has 88 valence electrons. The lowest BCUT2D eigenvalue weighted by molar-refractivity contribution is 0.251. The number of amides is 2. The Morgan fingerprint density at radius 1 is 1.35 bits per heavy atom. The van der Waals surface area contributed by atoms with Gasteiger partial charge in [0.2, 0.25) is 0 Å². The first kappa shape index (κ1) is 11.0. The molecule has 0 fully saturated rings. The zero-order valence-corrected chi connectivity index (χ0v) is 9.10. The third-order valence-corrected chi connectivity index (χ3v) is 2.14. The van der Waals surface area contributed by atoms with Gasteiger partial charge in [0.1, 0.15) is 5.82 Å². The number of imidazole rings is 1. The lowest BCUT2D eigenvalue weighted by Gasteiger charge is -2.06. The number of carbonyl (C=O) groups excluding carboxylic acids is 1. The molecule has 0 radical (unpaired) electrons. The van der Waals surface area contributed by atoms with Crippen molar-refractivity contribution >= 4 is 17.4 Å². The van der Waals surface area contributed by atoms with Gasteiger partial charge in [-0.1, -0.05) is 0 Å². The summed E-state index contributed by atoms with van der Waals surface area (Å²) in [6.45, 7) is 0.355. The van der Waals surface area contributed by atoms with Crippen molar-refractivity contribution in [2.75, 3.05) is 11.1 Å². The summed E-state index contributed by atoms with van der Waals surface area (Å²) in [7, 11) is 0. The number of nitrogen functional groups attached to an aromatic ring is 1. The monoisotopic (exact) mass is 231 g/mol. The lowest BCUT2D eigenvalue weighted by atomic mass is 10.3. The molecule has 2 rings (SSSR count). The van der Waals surface area contributed by atoms with E-state index in [0.717, 1.165) is 0 Å². The van der Waals surface area contributed by atoms with Crippen LogP contribution < -0.4 is 16.4 Å². The van der Waals surface area contributed by atoms with Crippen LogP contribution in [0.5, 0.6) is 0 Å². The second-order valence-corrected chi connectivity index (χ2v) is 3.47. The maximum absolute atomic E-state index is 11.5. The second kappa shape index (κ2) is 5.02. The molecule has 0 bridgehead atoms. The van der Waals surface area contributed by atoms with Gasteiger partial charge in [-0.25, -0.2) is 9.78 Å². The minimum atomic E-state index is -0.286.